The molecule has 0 atom stereocenters. The van der Waals surface area contributed by atoms with Gasteiger partial charge in [-0.15, -0.1) is 11.3 Å². The van der Waals surface area contributed by atoms with Crippen LogP contribution >= 0.6 is 11.3 Å². The molecule has 3 heterocycles. The summed E-state index contributed by atoms with van der Waals surface area (Å²) < 4.78 is 7.13. The maximum atomic E-state index is 9.20. The van der Waals surface area contributed by atoms with Crippen LogP contribution in [0.25, 0.3) is 80.2 Å². The van der Waals surface area contributed by atoms with Gasteiger partial charge < -0.3 is 14.5 Å². The largest absolute Gasteiger partial charge is 0.367 e. The molecule has 10 aromatic rings. The summed E-state index contributed by atoms with van der Waals surface area (Å²) in [6, 6.07) is 51.8. The highest BCUT2D eigenvalue weighted by Gasteiger charge is 2.23. The van der Waals surface area contributed by atoms with Crippen molar-refractivity contribution >= 4 is 91.6 Å². The summed E-state index contributed by atoms with van der Waals surface area (Å²) in [4.78, 5) is 0. The van der Waals surface area contributed by atoms with Crippen LogP contribution in [0.3, 0.4) is 0 Å². The normalized spacial score (nSPS) is 12.0. The lowest BCUT2D eigenvalue weighted by Crippen LogP contribution is -2.11. The van der Waals surface area contributed by atoms with E-state index >= 15 is 0 Å². The van der Waals surface area contributed by atoms with Gasteiger partial charge in [0.1, 0.15) is 0 Å². The van der Waals surface area contributed by atoms with Gasteiger partial charge >= 0.3 is 0 Å². The van der Waals surface area contributed by atoms with E-state index < -0.39 is 0 Å². The first-order chi connectivity index (χ1) is 23.3. The number of benzene rings is 7. The van der Waals surface area contributed by atoms with Crippen LogP contribution < -0.4 is 10.7 Å². The molecule has 0 amide bonds. The van der Waals surface area contributed by atoms with Gasteiger partial charge in [-0.2, -0.15) is 0 Å². The first-order valence-electron chi connectivity index (χ1n) is 15.9. The third kappa shape index (κ3) is 3.72. The van der Waals surface area contributed by atoms with Crippen molar-refractivity contribution in [3.63, 3.8) is 0 Å². The molecule has 2 N–H and O–H groups in total. The number of nitrogens with one attached hydrogen (secondary N) is 2. The SMILES string of the molecule is N=c1c2ccccc2sc2cccc(NCn3c4ccccc4c4c3c3ccccc3c3c5ccccc5n(-c5ccccc5)c34)c12. The van der Waals surface area contributed by atoms with Crippen LogP contribution in [0.4, 0.5) is 5.69 Å². The second-order valence-corrected chi connectivity index (χ2v) is 13.2. The van der Waals surface area contributed by atoms with E-state index in [4.69, 9.17) is 0 Å². The van der Waals surface area contributed by atoms with Crippen molar-refractivity contribution in [3.05, 3.63) is 151 Å². The van der Waals surface area contributed by atoms with Crippen molar-refractivity contribution in [2.75, 3.05) is 5.32 Å². The topological polar surface area (TPSA) is 45.7 Å². The summed E-state index contributed by atoms with van der Waals surface area (Å²) in [7, 11) is 0. The Morgan fingerprint density at radius 2 is 1.11 bits per heavy atom. The molecule has 0 fully saturated rings. The minimum Gasteiger partial charge on any atom is -0.367 e. The predicted octanol–water partition coefficient (Wildman–Crippen LogP) is 11.0. The fourth-order valence-electron chi connectivity index (χ4n) is 7.69. The van der Waals surface area contributed by atoms with Crippen LogP contribution in [-0.2, 0) is 6.67 Å². The van der Waals surface area contributed by atoms with Crippen molar-refractivity contribution in [2.24, 2.45) is 0 Å². The molecule has 47 heavy (non-hydrogen) atoms. The molecule has 0 radical (unpaired) electrons. The van der Waals surface area contributed by atoms with Crippen LogP contribution in [0.1, 0.15) is 0 Å². The minimum atomic E-state index is 0.557. The van der Waals surface area contributed by atoms with E-state index in [9.17, 15) is 5.41 Å². The number of fused-ring (bicyclic) bond motifs is 12. The Hall–Kier alpha value is -5.91. The fraction of sp³-hybridized carbons (Fsp3) is 0.0238. The van der Waals surface area contributed by atoms with Gasteiger partial charge in [-0.1, -0.05) is 103 Å². The molecule has 3 aromatic heterocycles. The molecule has 0 aliphatic heterocycles. The van der Waals surface area contributed by atoms with Gasteiger partial charge in [0.25, 0.3) is 0 Å². The molecule has 7 aromatic carbocycles. The number of aromatic nitrogens is 2. The van der Waals surface area contributed by atoms with Crippen LogP contribution in [0.2, 0.25) is 0 Å². The Labute approximate surface area is 273 Å². The molecule has 5 heteroatoms. The Morgan fingerprint density at radius 1 is 0.489 bits per heavy atom. The molecule has 0 bridgehead atoms. The first-order valence-corrected chi connectivity index (χ1v) is 16.7. The molecular weight excluding hydrogens is 593 g/mol. The van der Waals surface area contributed by atoms with Crippen LogP contribution in [0, 0.1) is 5.41 Å². The first kappa shape index (κ1) is 26.3. The van der Waals surface area contributed by atoms with Gasteiger partial charge in [-0.05, 0) is 47.9 Å². The lowest BCUT2D eigenvalue weighted by Gasteiger charge is -2.15. The highest BCUT2D eigenvalue weighted by molar-refractivity contribution is 7.24. The zero-order valence-electron chi connectivity index (χ0n) is 25.4. The van der Waals surface area contributed by atoms with E-state index in [0.717, 1.165) is 31.5 Å². The molecule has 10 rings (SSSR count). The molecule has 0 aliphatic carbocycles. The summed E-state index contributed by atoms with van der Waals surface area (Å²) in [6.07, 6.45) is 0. The molecule has 0 unspecified atom stereocenters. The third-order valence-corrected chi connectivity index (χ3v) is 10.8. The smallest absolute Gasteiger partial charge is 0.0926 e. The van der Waals surface area contributed by atoms with Crippen molar-refractivity contribution in [2.45, 2.75) is 6.67 Å². The average molecular weight is 621 g/mol. The predicted molar refractivity (Wildman–Crippen MR) is 200 cm³/mol. The molecule has 4 nitrogen and oxygen atoms in total. The Kier molecular flexibility index (Phi) is 5.63. The molecule has 0 saturated heterocycles. The van der Waals surface area contributed by atoms with E-state index in [1.54, 1.807) is 11.3 Å². The van der Waals surface area contributed by atoms with Gasteiger partial charge in [-0.25, -0.2) is 0 Å². The van der Waals surface area contributed by atoms with Gasteiger partial charge in [-0.3, -0.25) is 5.41 Å². The Balaban J connectivity index is 1.30. The standard InChI is InChI=1S/C42H28N4S/c43-40-31-19-8-11-23-35(31)47-36-24-12-20-32(39(36)40)44-25-45-33-21-9-6-17-29(33)38-41(45)28-16-5-4-15-27(28)37-30-18-7-10-22-34(30)46(42(37)38)26-13-2-1-3-14-26/h1-24,43-44H,25H2. The van der Waals surface area contributed by atoms with Crippen molar-refractivity contribution < 1.29 is 0 Å². The van der Waals surface area contributed by atoms with Crippen LogP contribution in [0.15, 0.2) is 146 Å². The zero-order chi connectivity index (χ0) is 31.1. The van der Waals surface area contributed by atoms with Gasteiger partial charge in [0.15, 0.2) is 0 Å². The van der Waals surface area contributed by atoms with Crippen molar-refractivity contribution in [3.8, 4) is 5.69 Å². The second kappa shape index (κ2) is 10.0. The second-order valence-electron chi connectivity index (χ2n) is 12.1. The van der Waals surface area contributed by atoms with Crippen LogP contribution in [-0.4, -0.2) is 9.13 Å². The third-order valence-electron chi connectivity index (χ3n) is 9.63. The maximum Gasteiger partial charge on any atom is 0.0926 e. The quantitative estimate of drug-likeness (QED) is 0.189. The number of hydrogen-bond donors (Lipinski definition) is 2. The van der Waals surface area contributed by atoms with Gasteiger partial charge in [0, 0.05) is 58.5 Å². The summed E-state index contributed by atoms with van der Waals surface area (Å²) in [6.45, 7) is 0.557. The number of para-hydroxylation sites is 3. The van der Waals surface area contributed by atoms with Gasteiger partial charge in [0.05, 0.1) is 34.1 Å². The van der Waals surface area contributed by atoms with E-state index in [-0.39, 0.29) is 0 Å². The molecular formula is C42H28N4S. The maximum absolute atomic E-state index is 9.20. The summed E-state index contributed by atoms with van der Waals surface area (Å²) in [5.74, 6) is 0. The van der Waals surface area contributed by atoms with E-state index in [0.29, 0.717) is 12.0 Å². The van der Waals surface area contributed by atoms with E-state index in [2.05, 4.69) is 148 Å². The summed E-state index contributed by atoms with van der Waals surface area (Å²) in [5.41, 5.74) is 6.95. The number of nitrogens with zero attached hydrogens (tertiary/aromatic N) is 2. The van der Waals surface area contributed by atoms with Crippen molar-refractivity contribution in [1.29, 1.82) is 5.41 Å². The summed E-state index contributed by atoms with van der Waals surface area (Å²) >= 11 is 1.74. The Bertz CT molecular complexity index is 2930. The molecule has 0 saturated carbocycles. The van der Waals surface area contributed by atoms with Gasteiger partial charge in [0.2, 0.25) is 0 Å². The molecule has 222 valence electrons. The lowest BCUT2D eigenvalue weighted by molar-refractivity contribution is 0.845. The minimum absolute atomic E-state index is 0.557. The molecule has 0 aliphatic rings. The number of rotatable bonds is 4. The number of hydrogen-bond acceptors (Lipinski definition) is 3. The van der Waals surface area contributed by atoms with E-state index in [1.165, 1.54) is 54.4 Å². The average Bonchev–Trinajstić information content (AvgIpc) is 3.65. The highest BCUT2D eigenvalue weighted by atomic mass is 32.1. The van der Waals surface area contributed by atoms with E-state index in [1.807, 2.05) is 12.1 Å². The number of anilines is 1. The zero-order valence-corrected chi connectivity index (χ0v) is 26.2. The van der Waals surface area contributed by atoms with Crippen molar-refractivity contribution in [1.82, 2.24) is 9.13 Å². The van der Waals surface area contributed by atoms with Crippen LogP contribution in [0.5, 0.6) is 0 Å². The lowest BCUT2D eigenvalue weighted by atomic mass is 9.99. The Morgan fingerprint density at radius 3 is 1.91 bits per heavy atom. The summed E-state index contributed by atoms with van der Waals surface area (Å²) in [5, 5.41) is 23.0. The molecule has 0 spiro atoms. The fourth-order valence-corrected chi connectivity index (χ4v) is 8.81. The highest BCUT2D eigenvalue weighted by Crippen LogP contribution is 2.45. The monoisotopic (exact) mass is 620 g/mol.